The van der Waals surface area contributed by atoms with E-state index < -0.39 is 0 Å². The third-order valence-corrected chi connectivity index (χ3v) is 5.60. The maximum atomic E-state index is 12.4. The molecule has 0 bridgehead atoms. The maximum Gasteiger partial charge on any atom is 0.328 e. The van der Waals surface area contributed by atoms with Crippen molar-refractivity contribution in [2.45, 2.75) is 45.3 Å². The number of hydrogen-bond acceptors (Lipinski definition) is 8. The molecule has 5 rings (SSSR count). The van der Waals surface area contributed by atoms with Gasteiger partial charge in [0, 0.05) is 24.8 Å². The van der Waals surface area contributed by atoms with Gasteiger partial charge < -0.3 is 20.8 Å². The number of nitrogens with one attached hydrogen (secondary N) is 2. The topological polar surface area (TPSA) is 137 Å². The second kappa shape index (κ2) is 8.39. The lowest BCUT2D eigenvalue weighted by Gasteiger charge is -2.26. The number of imidazole rings is 1. The molecule has 4 heterocycles. The van der Waals surface area contributed by atoms with E-state index in [4.69, 9.17) is 10.5 Å². The molecular formula is C22H24N8O2. The average molecular weight is 432 g/mol. The van der Waals surface area contributed by atoms with E-state index in [0.717, 1.165) is 17.8 Å². The van der Waals surface area contributed by atoms with Crippen LogP contribution >= 0.6 is 0 Å². The van der Waals surface area contributed by atoms with Gasteiger partial charge in [0.05, 0.1) is 18.4 Å². The van der Waals surface area contributed by atoms with Crippen molar-refractivity contribution in [2.24, 2.45) is 0 Å². The molecule has 4 aromatic rings. The van der Waals surface area contributed by atoms with E-state index in [2.05, 4.69) is 30.2 Å². The highest BCUT2D eigenvalue weighted by Gasteiger charge is 2.16. The monoisotopic (exact) mass is 432 g/mol. The highest BCUT2D eigenvalue weighted by atomic mass is 16.5. The number of aryl methyl sites for hydroxylation is 1. The van der Waals surface area contributed by atoms with Gasteiger partial charge in [-0.25, -0.2) is 19.7 Å². The molecule has 32 heavy (non-hydrogen) atoms. The van der Waals surface area contributed by atoms with Gasteiger partial charge in [-0.2, -0.15) is 0 Å². The molecule has 0 aliphatic heterocycles. The number of rotatable bonds is 7. The van der Waals surface area contributed by atoms with Crippen LogP contribution in [-0.4, -0.2) is 35.5 Å². The lowest BCUT2D eigenvalue weighted by Crippen LogP contribution is -2.34. The summed E-state index contributed by atoms with van der Waals surface area (Å²) in [5.74, 6) is 1.82. The quantitative estimate of drug-likeness (QED) is 0.405. The minimum atomic E-state index is -0.301. The van der Waals surface area contributed by atoms with Crippen LogP contribution in [0.25, 0.3) is 11.2 Å². The summed E-state index contributed by atoms with van der Waals surface area (Å²) in [7, 11) is 0. The second-order valence-corrected chi connectivity index (χ2v) is 7.97. The summed E-state index contributed by atoms with van der Waals surface area (Å²) in [4.78, 5) is 32.3. The zero-order valence-electron chi connectivity index (χ0n) is 17.7. The van der Waals surface area contributed by atoms with Crippen molar-refractivity contribution in [3.63, 3.8) is 0 Å². The number of ether oxygens (including phenoxy) is 1. The number of aromatic nitrogens is 6. The molecule has 0 radical (unpaired) electrons. The first-order chi connectivity index (χ1) is 15.5. The molecule has 0 amide bonds. The van der Waals surface area contributed by atoms with Crippen molar-refractivity contribution >= 4 is 17.0 Å². The SMILES string of the molecule is Cc1nc(N)c2[nH]c(=O)n(Cc3ccc(Oc4ccc(CNC5CCC5)nc4)nc3)c2n1. The summed E-state index contributed by atoms with van der Waals surface area (Å²) in [6.07, 6.45) is 7.18. The van der Waals surface area contributed by atoms with Gasteiger partial charge in [0.1, 0.15) is 17.1 Å². The fourth-order valence-corrected chi connectivity index (χ4v) is 3.62. The lowest BCUT2D eigenvalue weighted by atomic mass is 9.93. The molecule has 1 saturated carbocycles. The lowest BCUT2D eigenvalue weighted by molar-refractivity contribution is 0.337. The van der Waals surface area contributed by atoms with Crippen molar-refractivity contribution in [1.29, 1.82) is 0 Å². The van der Waals surface area contributed by atoms with Crippen LogP contribution in [0.3, 0.4) is 0 Å². The summed E-state index contributed by atoms with van der Waals surface area (Å²) < 4.78 is 7.31. The van der Waals surface area contributed by atoms with Gasteiger partial charge in [0.25, 0.3) is 0 Å². The Morgan fingerprint density at radius 2 is 2.06 bits per heavy atom. The van der Waals surface area contributed by atoms with Crippen LogP contribution < -0.4 is 21.5 Å². The van der Waals surface area contributed by atoms with Gasteiger partial charge in [0.2, 0.25) is 5.88 Å². The normalized spacial score (nSPS) is 13.9. The largest absolute Gasteiger partial charge is 0.437 e. The van der Waals surface area contributed by atoms with E-state index in [9.17, 15) is 4.79 Å². The number of nitrogens with zero attached hydrogens (tertiary/aromatic N) is 5. The predicted octanol–water partition coefficient (Wildman–Crippen LogP) is 2.28. The van der Waals surface area contributed by atoms with Gasteiger partial charge in [-0.05, 0) is 37.5 Å². The van der Waals surface area contributed by atoms with Crippen LogP contribution in [0.1, 0.15) is 36.3 Å². The Morgan fingerprint density at radius 1 is 1.19 bits per heavy atom. The average Bonchev–Trinajstić information content (AvgIpc) is 3.05. The number of nitrogen functional groups attached to an aromatic ring is 1. The zero-order valence-corrected chi connectivity index (χ0v) is 17.7. The van der Waals surface area contributed by atoms with Gasteiger partial charge in [0.15, 0.2) is 11.5 Å². The standard InChI is InChI=1S/C22H24N8O2/c1-13-27-20(23)19-21(28-13)30(22(31)29-19)12-14-5-8-18(26-9-14)32-17-7-6-16(25-11-17)10-24-15-3-2-4-15/h5-9,11,15,24H,2-4,10,12H2,1H3,(H,29,31)(H2,23,27,28). The Morgan fingerprint density at radius 3 is 2.75 bits per heavy atom. The number of hydrogen-bond donors (Lipinski definition) is 3. The van der Waals surface area contributed by atoms with E-state index in [1.807, 2.05) is 18.2 Å². The third kappa shape index (κ3) is 4.17. The molecule has 1 aliphatic rings. The van der Waals surface area contributed by atoms with E-state index in [0.29, 0.717) is 41.2 Å². The zero-order chi connectivity index (χ0) is 22.1. The van der Waals surface area contributed by atoms with Crippen LogP contribution in [-0.2, 0) is 13.1 Å². The number of fused-ring (bicyclic) bond motifs is 1. The number of pyridine rings is 2. The van der Waals surface area contributed by atoms with E-state index in [-0.39, 0.29) is 11.5 Å². The van der Waals surface area contributed by atoms with Crippen molar-refractivity contribution in [3.05, 3.63) is 64.2 Å². The molecular weight excluding hydrogens is 408 g/mol. The van der Waals surface area contributed by atoms with Gasteiger partial charge in [-0.15, -0.1) is 0 Å². The van der Waals surface area contributed by atoms with Gasteiger partial charge in [-0.3, -0.25) is 9.55 Å². The Balaban J connectivity index is 1.25. The Kier molecular flexibility index (Phi) is 5.28. The molecule has 0 atom stereocenters. The van der Waals surface area contributed by atoms with Crippen molar-refractivity contribution < 1.29 is 4.74 Å². The summed E-state index contributed by atoms with van der Waals surface area (Å²) in [6.45, 7) is 2.80. The first-order valence-corrected chi connectivity index (χ1v) is 10.6. The van der Waals surface area contributed by atoms with Crippen molar-refractivity contribution in [3.8, 4) is 11.6 Å². The summed E-state index contributed by atoms with van der Waals surface area (Å²) in [5, 5.41) is 3.49. The number of aromatic amines is 1. The summed E-state index contributed by atoms with van der Waals surface area (Å²) in [6, 6.07) is 8.09. The fourth-order valence-electron chi connectivity index (χ4n) is 3.62. The molecule has 4 aromatic heterocycles. The van der Waals surface area contributed by atoms with Crippen molar-refractivity contribution in [2.75, 3.05) is 5.73 Å². The first-order valence-electron chi connectivity index (χ1n) is 10.6. The first kappa shape index (κ1) is 20.1. The minimum Gasteiger partial charge on any atom is -0.437 e. The molecule has 0 saturated heterocycles. The molecule has 10 heteroatoms. The number of anilines is 1. The Hall–Kier alpha value is -3.79. The van der Waals surface area contributed by atoms with E-state index >= 15 is 0 Å². The molecule has 1 aliphatic carbocycles. The molecule has 164 valence electrons. The van der Waals surface area contributed by atoms with Crippen LogP contribution in [0.15, 0.2) is 41.5 Å². The van der Waals surface area contributed by atoms with Gasteiger partial charge >= 0.3 is 5.69 Å². The molecule has 0 aromatic carbocycles. The van der Waals surface area contributed by atoms with Crippen molar-refractivity contribution in [1.82, 2.24) is 34.8 Å². The minimum absolute atomic E-state index is 0.253. The summed E-state index contributed by atoms with van der Waals surface area (Å²) >= 11 is 0. The van der Waals surface area contributed by atoms with Crippen LogP contribution in [0.2, 0.25) is 0 Å². The predicted molar refractivity (Wildman–Crippen MR) is 119 cm³/mol. The van der Waals surface area contributed by atoms with E-state index in [1.54, 1.807) is 25.4 Å². The fraction of sp³-hybridized carbons (Fsp3) is 0.318. The highest BCUT2D eigenvalue weighted by Crippen LogP contribution is 2.21. The smallest absolute Gasteiger partial charge is 0.328 e. The Labute approximate surface area is 183 Å². The molecule has 4 N–H and O–H groups in total. The van der Waals surface area contributed by atoms with E-state index in [1.165, 1.54) is 23.8 Å². The second-order valence-electron chi connectivity index (χ2n) is 7.97. The highest BCUT2D eigenvalue weighted by molar-refractivity contribution is 5.81. The maximum absolute atomic E-state index is 12.4. The third-order valence-electron chi connectivity index (χ3n) is 5.60. The summed E-state index contributed by atoms with van der Waals surface area (Å²) in [5.41, 5.74) is 8.32. The molecule has 0 unspecified atom stereocenters. The van der Waals surface area contributed by atoms with Crippen LogP contribution in [0.4, 0.5) is 5.82 Å². The molecule has 0 spiro atoms. The van der Waals surface area contributed by atoms with Crippen LogP contribution in [0, 0.1) is 6.92 Å². The Bertz CT molecular complexity index is 1290. The number of nitrogens with two attached hydrogens (primary N) is 1. The number of H-pyrrole nitrogens is 1. The van der Waals surface area contributed by atoms with Crippen LogP contribution in [0.5, 0.6) is 11.6 Å². The molecule has 1 fully saturated rings. The van der Waals surface area contributed by atoms with Gasteiger partial charge in [-0.1, -0.05) is 12.5 Å². The molecule has 10 nitrogen and oxygen atoms in total.